The molecule has 9 heavy (non-hydrogen) atoms. The summed E-state index contributed by atoms with van der Waals surface area (Å²) < 4.78 is 0. The van der Waals surface area contributed by atoms with Gasteiger partial charge in [-0.3, -0.25) is 0 Å². The lowest BCUT2D eigenvalue weighted by Crippen LogP contribution is -2.02. The first-order valence-electron chi connectivity index (χ1n) is 3.69. The number of hydrogen-bond donors (Lipinski definition) is 0. The first-order chi connectivity index (χ1) is 4.20. The van der Waals surface area contributed by atoms with Gasteiger partial charge in [0.25, 0.3) is 0 Å². The molecule has 0 heterocycles. The summed E-state index contributed by atoms with van der Waals surface area (Å²) in [7, 11) is 0. The highest BCUT2D eigenvalue weighted by Gasteiger charge is 2.28. The Labute approximate surface area is 56.4 Å². The Morgan fingerprint density at radius 1 is 1.67 bits per heavy atom. The molecular weight excluding hydrogens is 112 g/mol. The predicted molar refractivity (Wildman–Crippen MR) is 37.2 cm³/mol. The van der Waals surface area contributed by atoms with Crippen molar-refractivity contribution < 1.29 is 4.79 Å². The van der Waals surface area contributed by atoms with Crippen LogP contribution in [0.4, 0.5) is 0 Å². The Morgan fingerprint density at radius 3 is 2.56 bits per heavy atom. The zero-order valence-electron chi connectivity index (χ0n) is 6.18. The smallest absolute Gasteiger partial charge is 0.130 e. The van der Waals surface area contributed by atoms with E-state index in [1.54, 1.807) is 6.92 Å². The van der Waals surface area contributed by atoms with Gasteiger partial charge in [0.1, 0.15) is 5.78 Å². The molecule has 1 nitrogen and oxygen atoms in total. The molecule has 0 bridgehead atoms. The zero-order valence-corrected chi connectivity index (χ0v) is 6.18. The van der Waals surface area contributed by atoms with Gasteiger partial charge >= 0.3 is 0 Å². The summed E-state index contributed by atoms with van der Waals surface area (Å²) in [6.07, 6.45) is 3.51. The fourth-order valence-corrected chi connectivity index (χ4v) is 1.29. The highest BCUT2D eigenvalue weighted by Crippen LogP contribution is 2.38. The van der Waals surface area contributed by atoms with E-state index in [-0.39, 0.29) is 0 Å². The van der Waals surface area contributed by atoms with E-state index in [1.165, 1.54) is 12.8 Å². The summed E-state index contributed by atoms with van der Waals surface area (Å²) in [5.41, 5.74) is 0. The first-order valence-corrected chi connectivity index (χ1v) is 3.69. The van der Waals surface area contributed by atoms with Gasteiger partial charge in [-0.15, -0.1) is 0 Å². The Kier molecular flexibility index (Phi) is 1.89. The molecule has 0 aliphatic heterocycles. The van der Waals surface area contributed by atoms with E-state index in [4.69, 9.17) is 0 Å². The standard InChI is InChI=1S/C8H14O/c1-6(5-7(2)9)8-3-4-8/h6,8H,3-5H2,1-2H3. The molecule has 0 aromatic carbocycles. The molecule has 1 heteroatoms. The lowest BCUT2D eigenvalue weighted by atomic mass is 10.0. The number of ketones is 1. The molecule has 1 aliphatic carbocycles. The second-order valence-electron chi connectivity index (χ2n) is 3.22. The van der Waals surface area contributed by atoms with Gasteiger partial charge in [-0.05, 0) is 31.6 Å². The molecule has 1 unspecified atom stereocenters. The van der Waals surface area contributed by atoms with Crippen molar-refractivity contribution in [2.45, 2.75) is 33.1 Å². The van der Waals surface area contributed by atoms with Crippen LogP contribution in [0.5, 0.6) is 0 Å². The number of carbonyl (C=O) groups is 1. The molecule has 0 spiro atoms. The highest BCUT2D eigenvalue weighted by molar-refractivity contribution is 5.75. The lowest BCUT2D eigenvalue weighted by molar-refractivity contribution is -0.117. The van der Waals surface area contributed by atoms with Crippen molar-refractivity contribution in [3.8, 4) is 0 Å². The van der Waals surface area contributed by atoms with E-state index < -0.39 is 0 Å². The highest BCUT2D eigenvalue weighted by atomic mass is 16.1. The van der Waals surface area contributed by atoms with Crippen molar-refractivity contribution in [2.75, 3.05) is 0 Å². The summed E-state index contributed by atoms with van der Waals surface area (Å²) in [5.74, 6) is 1.88. The number of rotatable bonds is 3. The lowest BCUT2D eigenvalue weighted by Gasteiger charge is -2.04. The van der Waals surface area contributed by atoms with Crippen LogP contribution in [-0.4, -0.2) is 5.78 Å². The van der Waals surface area contributed by atoms with E-state index in [1.807, 2.05) is 0 Å². The number of Topliss-reactive ketones (excluding diaryl/α,β-unsaturated/α-hetero) is 1. The zero-order chi connectivity index (χ0) is 6.85. The summed E-state index contributed by atoms with van der Waals surface area (Å²) in [5, 5.41) is 0. The van der Waals surface area contributed by atoms with E-state index in [9.17, 15) is 4.79 Å². The predicted octanol–water partition coefficient (Wildman–Crippen LogP) is 2.01. The average molecular weight is 126 g/mol. The van der Waals surface area contributed by atoms with Crippen LogP contribution in [0, 0.1) is 11.8 Å². The fraction of sp³-hybridized carbons (Fsp3) is 0.875. The average Bonchev–Trinajstić information content (AvgIpc) is 2.40. The van der Waals surface area contributed by atoms with Crippen molar-refractivity contribution in [1.29, 1.82) is 0 Å². The van der Waals surface area contributed by atoms with Crippen molar-refractivity contribution in [3.05, 3.63) is 0 Å². The Bertz CT molecular complexity index is 114. The largest absolute Gasteiger partial charge is 0.300 e. The van der Waals surface area contributed by atoms with Crippen LogP contribution in [0.25, 0.3) is 0 Å². The monoisotopic (exact) mass is 126 g/mol. The minimum atomic E-state index is 0.342. The topological polar surface area (TPSA) is 17.1 Å². The minimum absolute atomic E-state index is 0.342. The van der Waals surface area contributed by atoms with E-state index in [2.05, 4.69) is 6.92 Å². The third-order valence-corrected chi connectivity index (χ3v) is 2.04. The van der Waals surface area contributed by atoms with Crippen LogP contribution in [0.15, 0.2) is 0 Å². The van der Waals surface area contributed by atoms with Crippen LogP contribution < -0.4 is 0 Å². The van der Waals surface area contributed by atoms with Gasteiger partial charge in [-0.25, -0.2) is 0 Å². The molecule has 1 atom stereocenters. The molecule has 1 fully saturated rings. The van der Waals surface area contributed by atoms with Crippen LogP contribution in [0.3, 0.4) is 0 Å². The Balaban J connectivity index is 2.17. The molecule has 0 aromatic rings. The van der Waals surface area contributed by atoms with Crippen molar-refractivity contribution in [2.24, 2.45) is 11.8 Å². The molecule has 0 amide bonds. The third-order valence-electron chi connectivity index (χ3n) is 2.04. The fourth-order valence-electron chi connectivity index (χ4n) is 1.29. The quantitative estimate of drug-likeness (QED) is 0.565. The molecule has 52 valence electrons. The van der Waals surface area contributed by atoms with Crippen LogP contribution in [0.1, 0.15) is 33.1 Å². The van der Waals surface area contributed by atoms with Crippen molar-refractivity contribution in [1.82, 2.24) is 0 Å². The maximum absolute atomic E-state index is 10.6. The van der Waals surface area contributed by atoms with Crippen molar-refractivity contribution >= 4 is 5.78 Å². The van der Waals surface area contributed by atoms with Gasteiger partial charge in [-0.2, -0.15) is 0 Å². The normalized spacial score (nSPS) is 21.6. The maximum atomic E-state index is 10.6. The van der Waals surface area contributed by atoms with Gasteiger partial charge in [0.2, 0.25) is 0 Å². The first kappa shape index (κ1) is 6.79. The molecule has 0 N–H and O–H groups in total. The van der Waals surface area contributed by atoms with Crippen LogP contribution in [-0.2, 0) is 4.79 Å². The molecule has 1 rings (SSSR count). The van der Waals surface area contributed by atoms with Gasteiger partial charge in [0.15, 0.2) is 0 Å². The second-order valence-corrected chi connectivity index (χ2v) is 3.22. The van der Waals surface area contributed by atoms with Gasteiger partial charge in [-0.1, -0.05) is 6.92 Å². The molecule has 0 saturated heterocycles. The minimum Gasteiger partial charge on any atom is -0.300 e. The molecule has 0 radical (unpaired) electrons. The van der Waals surface area contributed by atoms with E-state index in [0.717, 1.165) is 12.3 Å². The van der Waals surface area contributed by atoms with Gasteiger partial charge in [0, 0.05) is 6.42 Å². The van der Waals surface area contributed by atoms with Crippen molar-refractivity contribution in [3.63, 3.8) is 0 Å². The molecule has 1 aliphatic rings. The SMILES string of the molecule is CC(=O)CC(C)C1CC1. The second kappa shape index (κ2) is 2.51. The third kappa shape index (κ3) is 2.17. The summed E-state index contributed by atoms with van der Waals surface area (Å²) in [6.45, 7) is 3.86. The van der Waals surface area contributed by atoms with Crippen LogP contribution in [0.2, 0.25) is 0 Å². The maximum Gasteiger partial charge on any atom is 0.130 e. The molecule has 0 aromatic heterocycles. The van der Waals surface area contributed by atoms with E-state index in [0.29, 0.717) is 11.7 Å². The van der Waals surface area contributed by atoms with Gasteiger partial charge in [0.05, 0.1) is 0 Å². The summed E-state index contributed by atoms with van der Waals surface area (Å²) in [4.78, 5) is 10.6. The molecule has 1 saturated carbocycles. The number of hydrogen-bond acceptors (Lipinski definition) is 1. The van der Waals surface area contributed by atoms with Gasteiger partial charge < -0.3 is 4.79 Å². The summed E-state index contributed by atoms with van der Waals surface area (Å²) in [6, 6.07) is 0. The Hall–Kier alpha value is -0.330. The number of carbonyl (C=O) groups excluding carboxylic acids is 1. The Morgan fingerprint density at radius 2 is 2.22 bits per heavy atom. The molecular formula is C8H14O. The van der Waals surface area contributed by atoms with E-state index >= 15 is 0 Å². The van der Waals surface area contributed by atoms with Crippen LogP contribution >= 0.6 is 0 Å². The summed E-state index contributed by atoms with van der Waals surface area (Å²) >= 11 is 0.